The van der Waals surface area contributed by atoms with E-state index in [0.717, 1.165) is 0 Å². The number of nitrogens with two attached hydrogens (primary N) is 1. The predicted octanol–water partition coefficient (Wildman–Crippen LogP) is -0.524. The third-order valence-corrected chi connectivity index (χ3v) is 0.653. The van der Waals surface area contributed by atoms with Crippen LogP contribution in [-0.2, 0) is 4.29 Å². The summed E-state index contributed by atoms with van der Waals surface area (Å²) in [5, 5.41) is 8.52. The van der Waals surface area contributed by atoms with Crippen molar-refractivity contribution in [2.45, 2.75) is 6.10 Å². The predicted molar refractivity (Wildman–Crippen MR) is 26.9 cm³/mol. The lowest BCUT2D eigenvalue weighted by molar-refractivity contribution is 0.120. The normalized spacial score (nSPS) is 14.1. The summed E-state index contributed by atoms with van der Waals surface area (Å²) in [6.45, 7) is 0.283. The fraction of sp³-hybridized carbons (Fsp3) is 1.00. The van der Waals surface area contributed by atoms with Crippen LogP contribution in [0.1, 0.15) is 0 Å². The van der Waals surface area contributed by atoms with Crippen molar-refractivity contribution in [3.63, 3.8) is 0 Å². The Bertz CT molecular complexity index is 43.9. The highest BCUT2D eigenvalue weighted by Gasteiger charge is 1.96. The molecule has 0 aliphatic heterocycles. The molecule has 1 atom stereocenters. The first-order valence-corrected chi connectivity index (χ1v) is 2.23. The van der Waals surface area contributed by atoms with Crippen molar-refractivity contribution in [3.8, 4) is 0 Å². The zero-order valence-corrected chi connectivity index (χ0v) is 4.56. The molecule has 0 saturated heterocycles. The van der Waals surface area contributed by atoms with E-state index >= 15 is 0 Å². The van der Waals surface area contributed by atoms with Crippen molar-refractivity contribution >= 4 is 11.9 Å². The lowest BCUT2D eigenvalue weighted by atomic mass is 10.4. The number of hydrogen-bond acceptors (Lipinski definition) is 3. The van der Waals surface area contributed by atoms with E-state index < -0.39 is 6.10 Å². The topological polar surface area (TPSA) is 55.5 Å². The van der Waals surface area contributed by atoms with Gasteiger partial charge < -0.3 is 10.8 Å². The molecule has 3 nitrogen and oxygen atoms in total. The zero-order valence-electron chi connectivity index (χ0n) is 3.80. The minimum atomic E-state index is -0.627. The highest BCUT2D eigenvalue weighted by molar-refractivity contribution is 6.07. The van der Waals surface area contributed by atoms with Gasteiger partial charge in [-0.05, 0) is 0 Å². The first-order chi connectivity index (χ1) is 3.31. The van der Waals surface area contributed by atoms with Crippen LogP contribution in [0.5, 0.6) is 0 Å². The molecule has 0 fully saturated rings. The number of aliphatic hydroxyl groups excluding tert-OH is 1. The van der Waals surface area contributed by atoms with Gasteiger partial charge in [0, 0.05) is 6.54 Å². The monoisotopic (exact) mass is 125 g/mol. The van der Waals surface area contributed by atoms with Gasteiger partial charge in [0.2, 0.25) is 0 Å². The van der Waals surface area contributed by atoms with Gasteiger partial charge in [0.25, 0.3) is 0 Å². The van der Waals surface area contributed by atoms with Crippen LogP contribution in [0.15, 0.2) is 0 Å². The number of hydrogen-bond donors (Lipinski definition) is 2. The maximum absolute atomic E-state index is 8.52. The maximum atomic E-state index is 8.52. The molecule has 44 valence electrons. The Kier molecular flexibility index (Phi) is 4.44. The van der Waals surface area contributed by atoms with Crippen molar-refractivity contribution in [2.75, 3.05) is 13.2 Å². The van der Waals surface area contributed by atoms with Crippen molar-refractivity contribution in [1.29, 1.82) is 0 Å². The summed E-state index contributed by atoms with van der Waals surface area (Å²) in [5.74, 6) is 0. The molecule has 0 bridgehead atoms. The van der Waals surface area contributed by atoms with E-state index in [9.17, 15) is 0 Å². The van der Waals surface area contributed by atoms with Crippen LogP contribution < -0.4 is 5.73 Å². The highest BCUT2D eigenvalue weighted by atomic mass is 35.5. The summed E-state index contributed by atoms with van der Waals surface area (Å²) in [5.41, 5.74) is 4.97. The van der Waals surface area contributed by atoms with Crippen LogP contribution in [0.2, 0.25) is 0 Å². The zero-order chi connectivity index (χ0) is 5.70. The molecule has 0 aliphatic rings. The number of aliphatic hydroxyl groups is 1. The molecule has 0 heterocycles. The van der Waals surface area contributed by atoms with E-state index in [4.69, 9.17) is 22.7 Å². The lowest BCUT2D eigenvalue weighted by Gasteiger charge is -2.00. The summed E-state index contributed by atoms with van der Waals surface area (Å²) >= 11 is 4.76. The van der Waals surface area contributed by atoms with Gasteiger partial charge in [0.1, 0.15) is 0 Å². The van der Waals surface area contributed by atoms with E-state index in [1.165, 1.54) is 0 Å². The molecule has 0 amide bonds. The van der Waals surface area contributed by atoms with E-state index in [1.807, 2.05) is 0 Å². The molecule has 0 aromatic heterocycles. The third-order valence-electron chi connectivity index (χ3n) is 0.527. The average molecular weight is 126 g/mol. The molecule has 0 radical (unpaired) electrons. The average Bonchev–Trinajstić information content (AvgIpc) is 1.68. The Labute approximate surface area is 47.2 Å². The minimum Gasteiger partial charge on any atom is -0.389 e. The molecular weight excluding hydrogens is 117 g/mol. The van der Waals surface area contributed by atoms with Gasteiger partial charge in [-0.25, -0.2) is 0 Å². The fourth-order valence-electron chi connectivity index (χ4n) is 0.141. The van der Waals surface area contributed by atoms with Crippen molar-refractivity contribution in [1.82, 2.24) is 0 Å². The van der Waals surface area contributed by atoms with Crippen LogP contribution in [0.3, 0.4) is 0 Å². The molecule has 0 rings (SSSR count). The first-order valence-electron chi connectivity index (χ1n) is 1.93. The van der Waals surface area contributed by atoms with E-state index in [1.54, 1.807) is 0 Å². The van der Waals surface area contributed by atoms with Crippen molar-refractivity contribution in [3.05, 3.63) is 0 Å². The molecule has 0 aromatic carbocycles. The molecule has 0 saturated carbocycles. The Morgan fingerprint density at radius 1 is 1.86 bits per heavy atom. The van der Waals surface area contributed by atoms with E-state index in [0.29, 0.717) is 0 Å². The second-order valence-corrected chi connectivity index (χ2v) is 1.38. The maximum Gasteiger partial charge on any atom is 0.0954 e. The van der Waals surface area contributed by atoms with Crippen LogP contribution in [0.25, 0.3) is 0 Å². The second kappa shape index (κ2) is 4.33. The second-order valence-electron chi connectivity index (χ2n) is 1.17. The number of halogens is 1. The van der Waals surface area contributed by atoms with Crippen LogP contribution in [0.4, 0.5) is 0 Å². The summed E-state index contributed by atoms with van der Waals surface area (Å²) < 4.78 is 4.04. The molecule has 0 aromatic rings. The third kappa shape index (κ3) is 4.01. The van der Waals surface area contributed by atoms with Crippen LogP contribution in [0, 0.1) is 0 Å². The smallest absolute Gasteiger partial charge is 0.0954 e. The van der Waals surface area contributed by atoms with Gasteiger partial charge in [-0.2, -0.15) is 0 Å². The summed E-state index contributed by atoms with van der Waals surface area (Å²) in [6.07, 6.45) is -0.627. The molecule has 4 heteroatoms. The summed E-state index contributed by atoms with van der Waals surface area (Å²) in [4.78, 5) is 0. The van der Waals surface area contributed by atoms with Crippen molar-refractivity contribution < 1.29 is 9.40 Å². The Balaban J connectivity index is 2.83. The molecular formula is C3H8ClNO2. The largest absolute Gasteiger partial charge is 0.389 e. The van der Waals surface area contributed by atoms with Crippen LogP contribution in [-0.4, -0.2) is 24.4 Å². The lowest BCUT2D eigenvalue weighted by Crippen LogP contribution is -2.23. The molecule has 0 spiro atoms. The fourth-order valence-corrected chi connectivity index (χ4v) is 0.286. The molecule has 0 aliphatic carbocycles. The van der Waals surface area contributed by atoms with Gasteiger partial charge in [-0.3, -0.25) is 4.29 Å². The van der Waals surface area contributed by atoms with Gasteiger partial charge in [0.05, 0.1) is 24.6 Å². The summed E-state index contributed by atoms with van der Waals surface area (Å²) in [7, 11) is 0. The van der Waals surface area contributed by atoms with Gasteiger partial charge in [-0.1, -0.05) is 0 Å². The highest BCUT2D eigenvalue weighted by Crippen LogP contribution is 1.83. The Morgan fingerprint density at radius 3 is 2.57 bits per heavy atom. The van der Waals surface area contributed by atoms with Gasteiger partial charge >= 0.3 is 0 Å². The first kappa shape index (κ1) is 7.17. The molecule has 1 unspecified atom stereocenters. The van der Waals surface area contributed by atoms with Gasteiger partial charge in [-0.15, -0.1) is 0 Å². The Morgan fingerprint density at radius 2 is 2.43 bits per heavy atom. The minimum absolute atomic E-state index is 0.0953. The van der Waals surface area contributed by atoms with E-state index in [2.05, 4.69) is 4.29 Å². The number of rotatable bonds is 3. The van der Waals surface area contributed by atoms with Crippen molar-refractivity contribution in [2.24, 2.45) is 5.73 Å². The molecule has 3 N–H and O–H groups in total. The van der Waals surface area contributed by atoms with Crippen LogP contribution >= 0.6 is 11.9 Å². The van der Waals surface area contributed by atoms with E-state index in [-0.39, 0.29) is 13.2 Å². The Hall–Kier alpha value is 0.170. The molecule has 7 heavy (non-hydrogen) atoms. The standard InChI is InChI=1S/C3H8ClNO2/c4-7-2-3(6)1-5/h3,6H,1-2,5H2. The van der Waals surface area contributed by atoms with Gasteiger partial charge in [0.15, 0.2) is 0 Å². The quantitative estimate of drug-likeness (QED) is 0.534. The summed E-state index contributed by atoms with van der Waals surface area (Å²) in [6, 6.07) is 0. The SMILES string of the molecule is NCC(O)COCl.